The second-order valence-corrected chi connectivity index (χ2v) is 6.39. The third-order valence-corrected chi connectivity index (χ3v) is 4.09. The Morgan fingerprint density at radius 3 is 2.43 bits per heavy atom. The molecule has 1 aromatic carbocycles. The number of nitrogens with zero attached hydrogens (tertiary/aromatic N) is 1. The van der Waals surface area contributed by atoms with Gasteiger partial charge in [0.05, 0.1) is 6.61 Å². The monoisotopic (exact) mass is 320 g/mol. The van der Waals surface area contributed by atoms with E-state index in [0.29, 0.717) is 6.61 Å². The summed E-state index contributed by atoms with van der Waals surface area (Å²) in [4.78, 5) is 14.4. The molecule has 0 saturated carbocycles. The molecule has 0 aliphatic rings. The van der Waals surface area contributed by atoms with Gasteiger partial charge in [0.2, 0.25) is 0 Å². The summed E-state index contributed by atoms with van der Waals surface area (Å²) >= 11 is 0. The molecule has 0 aliphatic heterocycles. The molecule has 1 atom stereocenters. The van der Waals surface area contributed by atoms with E-state index in [1.807, 2.05) is 14.1 Å². The molecule has 4 heteroatoms. The molecule has 0 unspecified atom stereocenters. The van der Waals surface area contributed by atoms with Gasteiger partial charge in [-0.1, -0.05) is 39.3 Å². The Kier molecular flexibility index (Phi) is 8.70. The van der Waals surface area contributed by atoms with E-state index in [1.54, 1.807) is 0 Å². The molecule has 1 rings (SSSR count). The summed E-state index contributed by atoms with van der Waals surface area (Å²) in [6, 6.07) is 8.24. The number of carbonyl (C=O) groups excluding carboxylic acids is 1. The quantitative estimate of drug-likeness (QED) is 0.528. The van der Waals surface area contributed by atoms with Crippen molar-refractivity contribution >= 4 is 11.7 Å². The molecule has 23 heavy (non-hydrogen) atoms. The summed E-state index contributed by atoms with van der Waals surface area (Å²) in [5, 5.41) is 3.12. The molecule has 1 aromatic rings. The zero-order valence-electron chi connectivity index (χ0n) is 15.3. The number of likely N-dealkylation sites (N-methyl/N-ethyl adjacent to an activating group) is 1. The summed E-state index contributed by atoms with van der Waals surface area (Å²) in [5.74, 6) is 0.141. The third kappa shape index (κ3) is 6.61. The molecular formula is C19H32N2O2. The maximum atomic E-state index is 12.3. The fraction of sp³-hybridized carbons (Fsp3) is 0.632. The highest BCUT2D eigenvalue weighted by Crippen LogP contribution is 2.14. The number of unbranched alkanes of at least 4 members (excludes halogenated alkanes) is 1. The van der Waals surface area contributed by atoms with E-state index in [0.717, 1.165) is 31.5 Å². The number of nitrogens with one attached hydrogen (secondary N) is 1. The summed E-state index contributed by atoms with van der Waals surface area (Å²) in [5.41, 5.74) is 2.39. The number of anilines is 1. The standard InChI is InChI=1S/C19H32N2O2/c1-6-7-14-23-19(22)18(15(2)3)21(5)13-12-16-8-10-17(20-4)11-9-16/h8-11,15,18,20H,6-7,12-14H2,1-5H3/t18-/m0/s1. The van der Waals surface area contributed by atoms with Crippen LogP contribution in [0.15, 0.2) is 24.3 Å². The molecule has 1 N–H and O–H groups in total. The molecule has 0 fully saturated rings. The maximum absolute atomic E-state index is 12.3. The van der Waals surface area contributed by atoms with Crippen molar-refractivity contribution in [3.63, 3.8) is 0 Å². The van der Waals surface area contributed by atoms with E-state index in [4.69, 9.17) is 4.74 Å². The largest absolute Gasteiger partial charge is 0.465 e. The maximum Gasteiger partial charge on any atom is 0.323 e. The van der Waals surface area contributed by atoms with Crippen molar-refractivity contribution in [2.75, 3.05) is 32.6 Å². The Labute approximate surface area is 141 Å². The first-order valence-corrected chi connectivity index (χ1v) is 8.63. The van der Waals surface area contributed by atoms with Crippen molar-refractivity contribution in [3.8, 4) is 0 Å². The van der Waals surface area contributed by atoms with Crippen LogP contribution in [-0.2, 0) is 16.0 Å². The molecular weight excluding hydrogens is 288 g/mol. The minimum Gasteiger partial charge on any atom is -0.465 e. The fourth-order valence-electron chi connectivity index (χ4n) is 2.65. The first kappa shape index (κ1) is 19.5. The molecule has 0 saturated heterocycles. The van der Waals surface area contributed by atoms with Gasteiger partial charge in [-0.25, -0.2) is 0 Å². The smallest absolute Gasteiger partial charge is 0.323 e. The lowest BCUT2D eigenvalue weighted by molar-refractivity contribution is -0.151. The number of rotatable bonds is 10. The zero-order chi connectivity index (χ0) is 17.2. The van der Waals surface area contributed by atoms with Gasteiger partial charge in [-0.3, -0.25) is 9.69 Å². The lowest BCUT2D eigenvalue weighted by atomic mass is 10.0. The van der Waals surface area contributed by atoms with Crippen LogP contribution in [0.3, 0.4) is 0 Å². The van der Waals surface area contributed by atoms with Gasteiger partial charge in [0, 0.05) is 19.3 Å². The lowest BCUT2D eigenvalue weighted by Crippen LogP contribution is -2.44. The van der Waals surface area contributed by atoms with Gasteiger partial charge in [-0.15, -0.1) is 0 Å². The highest BCUT2D eigenvalue weighted by atomic mass is 16.5. The van der Waals surface area contributed by atoms with Crippen LogP contribution in [0.5, 0.6) is 0 Å². The van der Waals surface area contributed by atoms with E-state index in [1.165, 1.54) is 5.56 Å². The average Bonchev–Trinajstić information content (AvgIpc) is 2.53. The normalized spacial score (nSPS) is 12.5. The van der Waals surface area contributed by atoms with Crippen molar-refractivity contribution < 1.29 is 9.53 Å². The zero-order valence-corrected chi connectivity index (χ0v) is 15.3. The summed E-state index contributed by atoms with van der Waals surface area (Å²) in [6.07, 6.45) is 2.89. The molecule has 0 aromatic heterocycles. The van der Waals surface area contributed by atoms with Gasteiger partial charge in [-0.05, 0) is 43.5 Å². The molecule has 4 nitrogen and oxygen atoms in total. The van der Waals surface area contributed by atoms with Crippen molar-refractivity contribution in [1.82, 2.24) is 4.90 Å². The fourth-order valence-corrected chi connectivity index (χ4v) is 2.65. The van der Waals surface area contributed by atoms with E-state index in [2.05, 4.69) is 55.3 Å². The number of ether oxygens (including phenoxy) is 1. The summed E-state index contributed by atoms with van der Waals surface area (Å²) in [6.45, 7) is 7.61. The van der Waals surface area contributed by atoms with Gasteiger partial charge >= 0.3 is 5.97 Å². The predicted octanol–water partition coefficient (Wildman–Crippen LogP) is 3.57. The first-order chi connectivity index (χ1) is 11.0. The molecule has 0 aliphatic carbocycles. The minimum atomic E-state index is -0.177. The molecule has 0 bridgehead atoms. The first-order valence-electron chi connectivity index (χ1n) is 8.63. The molecule has 0 spiro atoms. The SMILES string of the molecule is CCCCOC(=O)[C@H](C(C)C)N(C)CCc1ccc(NC)cc1. The third-order valence-electron chi connectivity index (χ3n) is 4.09. The van der Waals surface area contributed by atoms with Crippen LogP contribution in [0.4, 0.5) is 5.69 Å². The van der Waals surface area contributed by atoms with E-state index < -0.39 is 0 Å². The Morgan fingerprint density at radius 2 is 1.91 bits per heavy atom. The van der Waals surface area contributed by atoms with Gasteiger partial charge in [-0.2, -0.15) is 0 Å². The Hall–Kier alpha value is -1.55. The van der Waals surface area contributed by atoms with Crippen molar-refractivity contribution in [2.24, 2.45) is 5.92 Å². The van der Waals surface area contributed by atoms with Crippen LogP contribution in [-0.4, -0.2) is 44.2 Å². The van der Waals surface area contributed by atoms with Gasteiger partial charge in [0.25, 0.3) is 0 Å². The Morgan fingerprint density at radius 1 is 1.26 bits per heavy atom. The van der Waals surface area contributed by atoms with Crippen LogP contribution in [0, 0.1) is 5.92 Å². The molecule has 0 radical (unpaired) electrons. The van der Waals surface area contributed by atoms with Crippen molar-refractivity contribution in [1.29, 1.82) is 0 Å². The van der Waals surface area contributed by atoms with Gasteiger partial charge in [0.1, 0.15) is 6.04 Å². The molecule has 130 valence electrons. The highest BCUT2D eigenvalue weighted by molar-refractivity contribution is 5.76. The van der Waals surface area contributed by atoms with Crippen molar-refractivity contribution in [2.45, 2.75) is 46.1 Å². The highest BCUT2D eigenvalue weighted by Gasteiger charge is 2.27. The number of esters is 1. The van der Waals surface area contributed by atoms with Crippen LogP contribution >= 0.6 is 0 Å². The van der Waals surface area contributed by atoms with E-state index >= 15 is 0 Å². The summed E-state index contributed by atoms with van der Waals surface area (Å²) < 4.78 is 5.42. The van der Waals surface area contributed by atoms with Crippen LogP contribution < -0.4 is 5.32 Å². The van der Waals surface area contributed by atoms with E-state index in [9.17, 15) is 4.79 Å². The lowest BCUT2D eigenvalue weighted by Gasteiger charge is -2.29. The number of hydrogen-bond acceptors (Lipinski definition) is 4. The van der Waals surface area contributed by atoms with E-state index in [-0.39, 0.29) is 17.9 Å². The predicted molar refractivity (Wildman–Crippen MR) is 96.8 cm³/mol. The second kappa shape index (κ2) is 10.3. The van der Waals surface area contributed by atoms with Crippen LogP contribution in [0.2, 0.25) is 0 Å². The van der Waals surface area contributed by atoms with Gasteiger partial charge in [0.15, 0.2) is 0 Å². The number of carbonyl (C=O) groups is 1. The number of benzene rings is 1. The van der Waals surface area contributed by atoms with Gasteiger partial charge < -0.3 is 10.1 Å². The Balaban J connectivity index is 2.55. The minimum absolute atomic E-state index is 0.0959. The van der Waals surface area contributed by atoms with Crippen LogP contribution in [0.25, 0.3) is 0 Å². The average molecular weight is 320 g/mol. The second-order valence-electron chi connectivity index (χ2n) is 6.39. The Bertz CT molecular complexity index is 457. The topological polar surface area (TPSA) is 41.6 Å². The van der Waals surface area contributed by atoms with Crippen molar-refractivity contribution in [3.05, 3.63) is 29.8 Å². The molecule has 0 heterocycles. The number of hydrogen-bond donors (Lipinski definition) is 1. The summed E-state index contributed by atoms with van der Waals surface area (Å²) in [7, 11) is 3.92. The van der Waals surface area contributed by atoms with Crippen LogP contribution in [0.1, 0.15) is 39.2 Å². The molecule has 0 amide bonds.